The van der Waals surface area contributed by atoms with Gasteiger partial charge in [0.1, 0.15) is 5.75 Å². The Morgan fingerprint density at radius 2 is 2.04 bits per heavy atom. The number of fused-ring (bicyclic) bond motifs is 1. The van der Waals surface area contributed by atoms with Crippen LogP contribution in [0.1, 0.15) is 5.56 Å². The third kappa shape index (κ3) is 3.75. The molecule has 1 amide bonds. The van der Waals surface area contributed by atoms with E-state index in [1.165, 1.54) is 11.3 Å². The Morgan fingerprint density at radius 1 is 1.19 bits per heavy atom. The minimum atomic E-state index is -0.550. The molecule has 2 heterocycles. The van der Waals surface area contributed by atoms with E-state index >= 15 is 0 Å². The number of thiazole rings is 1. The number of aromatic amines is 1. The molecule has 0 aliphatic rings. The number of H-pyrrole nitrogens is 1. The highest BCUT2D eigenvalue weighted by atomic mass is 32.1. The second-order valence-electron chi connectivity index (χ2n) is 5.72. The van der Waals surface area contributed by atoms with Crippen LogP contribution in [-0.4, -0.2) is 28.4 Å². The van der Waals surface area contributed by atoms with E-state index in [1.807, 2.05) is 42.5 Å². The minimum absolute atomic E-state index is 0.286. The first-order chi connectivity index (χ1) is 13.2. The molecule has 0 saturated carbocycles. The molecule has 8 heteroatoms. The molecule has 0 bridgehead atoms. The molecule has 27 heavy (non-hydrogen) atoms. The number of nitrogens with zero attached hydrogens (tertiary/aromatic N) is 2. The molecule has 0 radical (unpaired) electrons. The average Bonchev–Trinajstić information content (AvgIpc) is 3.36. The van der Waals surface area contributed by atoms with Crippen molar-refractivity contribution >= 4 is 28.3 Å². The number of hydrogen-bond acceptors (Lipinski definition) is 6. The molecule has 0 unspecified atom stereocenters. The Morgan fingerprint density at radius 3 is 2.85 bits per heavy atom. The van der Waals surface area contributed by atoms with E-state index in [4.69, 9.17) is 9.47 Å². The van der Waals surface area contributed by atoms with Gasteiger partial charge >= 0.3 is 6.09 Å². The summed E-state index contributed by atoms with van der Waals surface area (Å²) >= 11 is 1.30. The first-order valence-corrected chi connectivity index (χ1v) is 9.01. The smallest absolute Gasteiger partial charge is 0.414 e. The standard InChI is InChI=1S/C19H16N4O3S/c1-25-14-7-5-12(6-8-14)9-20-18(24)26-19-21-11-16(27-19)15-4-2-3-13-10-22-23-17(13)15/h2-8,10-11H,9H2,1H3,(H,20,24)(H,22,23). The monoisotopic (exact) mass is 380 g/mol. The summed E-state index contributed by atoms with van der Waals surface area (Å²) in [6.07, 6.45) is 2.91. The van der Waals surface area contributed by atoms with Gasteiger partial charge in [0.25, 0.3) is 5.19 Å². The normalized spacial score (nSPS) is 10.7. The van der Waals surface area contributed by atoms with E-state index in [9.17, 15) is 4.79 Å². The van der Waals surface area contributed by atoms with Gasteiger partial charge < -0.3 is 14.8 Å². The summed E-state index contributed by atoms with van der Waals surface area (Å²) in [5.74, 6) is 0.768. The predicted molar refractivity (Wildman–Crippen MR) is 103 cm³/mol. The number of para-hydroxylation sites is 1. The fraction of sp³-hybridized carbons (Fsp3) is 0.105. The molecule has 7 nitrogen and oxygen atoms in total. The molecule has 2 aromatic heterocycles. The van der Waals surface area contributed by atoms with Crippen molar-refractivity contribution in [3.63, 3.8) is 0 Å². The maximum atomic E-state index is 12.0. The third-order valence-corrected chi connectivity index (χ3v) is 4.91. The van der Waals surface area contributed by atoms with Crippen molar-refractivity contribution in [2.75, 3.05) is 7.11 Å². The van der Waals surface area contributed by atoms with Crippen molar-refractivity contribution < 1.29 is 14.3 Å². The highest BCUT2D eigenvalue weighted by molar-refractivity contribution is 7.17. The Hall–Kier alpha value is -3.39. The first kappa shape index (κ1) is 17.0. The van der Waals surface area contributed by atoms with Crippen molar-refractivity contribution in [1.82, 2.24) is 20.5 Å². The molecule has 0 saturated heterocycles. The van der Waals surface area contributed by atoms with Crippen molar-refractivity contribution in [3.8, 4) is 21.4 Å². The van der Waals surface area contributed by atoms with Crippen molar-refractivity contribution in [2.24, 2.45) is 0 Å². The highest BCUT2D eigenvalue weighted by Crippen LogP contribution is 2.34. The lowest BCUT2D eigenvalue weighted by Crippen LogP contribution is -2.26. The van der Waals surface area contributed by atoms with Gasteiger partial charge in [-0.15, -0.1) is 0 Å². The van der Waals surface area contributed by atoms with E-state index in [-0.39, 0.29) is 5.19 Å². The zero-order chi connectivity index (χ0) is 18.6. The van der Waals surface area contributed by atoms with Crippen LogP contribution in [0.5, 0.6) is 10.9 Å². The van der Waals surface area contributed by atoms with Gasteiger partial charge in [-0.05, 0) is 17.7 Å². The van der Waals surface area contributed by atoms with Crippen molar-refractivity contribution in [3.05, 3.63) is 60.4 Å². The van der Waals surface area contributed by atoms with Gasteiger partial charge in [-0.1, -0.05) is 41.7 Å². The van der Waals surface area contributed by atoms with Crippen LogP contribution in [0.15, 0.2) is 54.9 Å². The van der Waals surface area contributed by atoms with Gasteiger partial charge in [0, 0.05) is 23.7 Å². The Bertz CT molecular complexity index is 1070. The van der Waals surface area contributed by atoms with Crippen molar-refractivity contribution in [1.29, 1.82) is 0 Å². The van der Waals surface area contributed by atoms with Gasteiger partial charge in [0.15, 0.2) is 0 Å². The number of rotatable bonds is 5. The lowest BCUT2D eigenvalue weighted by Gasteiger charge is -2.05. The molecule has 136 valence electrons. The molecule has 0 fully saturated rings. The number of carbonyl (C=O) groups excluding carboxylic acids is 1. The summed E-state index contributed by atoms with van der Waals surface area (Å²) < 4.78 is 10.4. The van der Waals surface area contributed by atoms with Crippen LogP contribution in [0.3, 0.4) is 0 Å². The topological polar surface area (TPSA) is 89.1 Å². The number of aromatic nitrogens is 3. The summed E-state index contributed by atoms with van der Waals surface area (Å²) in [7, 11) is 1.61. The molecule has 0 spiro atoms. The van der Waals surface area contributed by atoms with Crippen LogP contribution in [0.25, 0.3) is 21.3 Å². The van der Waals surface area contributed by atoms with Gasteiger partial charge in [-0.2, -0.15) is 5.10 Å². The number of nitrogens with one attached hydrogen (secondary N) is 2. The van der Waals surface area contributed by atoms with E-state index in [1.54, 1.807) is 19.5 Å². The summed E-state index contributed by atoms with van der Waals surface area (Å²) in [6.45, 7) is 0.356. The van der Waals surface area contributed by atoms with Gasteiger partial charge in [0.2, 0.25) is 0 Å². The lowest BCUT2D eigenvalue weighted by atomic mass is 10.1. The molecule has 0 aliphatic heterocycles. The number of hydrogen-bond donors (Lipinski definition) is 2. The van der Waals surface area contributed by atoms with E-state index < -0.39 is 6.09 Å². The molecule has 4 rings (SSSR count). The molecular formula is C19H16N4O3S. The molecule has 0 atom stereocenters. The van der Waals surface area contributed by atoms with Crippen LogP contribution < -0.4 is 14.8 Å². The average molecular weight is 380 g/mol. The van der Waals surface area contributed by atoms with Crippen LogP contribution in [0.4, 0.5) is 4.79 Å². The largest absolute Gasteiger partial charge is 0.497 e. The SMILES string of the molecule is COc1ccc(CNC(=O)Oc2ncc(-c3cccc4cn[nH]c34)s2)cc1. The maximum Gasteiger partial charge on any atom is 0.414 e. The van der Waals surface area contributed by atoms with Crippen LogP contribution in [0, 0.1) is 0 Å². The Labute approximate surface area is 159 Å². The summed E-state index contributed by atoms with van der Waals surface area (Å²) in [6, 6.07) is 13.3. The number of carbonyl (C=O) groups is 1. The second kappa shape index (κ2) is 7.46. The third-order valence-electron chi connectivity index (χ3n) is 4.00. The number of benzene rings is 2. The zero-order valence-electron chi connectivity index (χ0n) is 14.4. The number of methoxy groups -OCH3 is 1. The van der Waals surface area contributed by atoms with E-state index in [0.717, 1.165) is 32.7 Å². The minimum Gasteiger partial charge on any atom is -0.497 e. The number of ether oxygens (including phenoxy) is 2. The fourth-order valence-electron chi connectivity index (χ4n) is 2.64. The van der Waals surface area contributed by atoms with Gasteiger partial charge in [-0.25, -0.2) is 9.78 Å². The molecule has 2 aromatic carbocycles. The maximum absolute atomic E-state index is 12.0. The molecular weight excluding hydrogens is 364 g/mol. The van der Waals surface area contributed by atoms with Crippen LogP contribution in [0.2, 0.25) is 0 Å². The van der Waals surface area contributed by atoms with E-state index in [2.05, 4.69) is 20.5 Å². The van der Waals surface area contributed by atoms with Crippen LogP contribution >= 0.6 is 11.3 Å². The summed E-state index contributed by atoms with van der Waals surface area (Å²) in [4.78, 5) is 17.1. The second-order valence-corrected chi connectivity index (χ2v) is 6.71. The molecule has 0 aliphatic carbocycles. The highest BCUT2D eigenvalue weighted by Gasteiger charge is 2.12. The van der Waals surface area contributed by atoms with Crippen LogP contribution in [-0.2, 0) is 6.54 Å². The predicted octanol–water partition coefficient (Wildman–Crippen LogP) is 3.98. The quantitative estimate of drug-likeness (QED) is 0.547. The van der Waals surface area contributed by atoms with E-state index in [0.29, 0.717) is 6.54 Å². The summed E-state index contributed by atoms with van der Waals surface area (Å²) in [5, 5.41) is 11.1. The first-order valence-electron chi connectivity index (χ1n) is 8.20. The zero-order valence-corrected chi connectivity index (χ0v) is 15.2. The number of amides is 1. The van der Waals surface area contributed by atoms with Crippen molar-refractivity contribution in [2.45, 2.75) is 6.54 Å². The lowest BCUT2D eigenvalue weighted by molar-refractivity contribution is 0.200. The summed E-state index contributed by atoms with van der Waals surface area (Å²) in [5.41, 5.74) is 2.84. The molecule has 4 aromatic rings. The molecule has 2 N–H and O–H groups in total. The Balaban J connectivity index is 1.40. The van der Waals surface area contributed by atoms with Gasteiger partial charge in [-0.3, -0.25) is 5.10 Å². The Kier molecular flexibility index (Phi) is 4.71. The van der Waals surface area contributed by atoms with Gasteiger partial charge in [0.05, 0.1) is 23.7 Å². The fourth-order valence-corrected chi connectivity index (χ4v) is 3.43.